The number of phenolic OH excluding ortho intramolecular Hbond substituents is 1. The Morgan fingerprint density at radius 3 is 2.89 bits per heavy atom. The number of pyridine rings is 1. The second-order valence-corrected chi connectivity index (χ2v) is 5.82. The molecule has 3 aromatic rings. The van der Waals surface area contributed by atoms with E-state index in [0.717, 1.165) is 10.9 Å². The lowest BCUT2D eigenvalue weighted by atomic mass is 9.97. The first-order valence-corrected chi connectivity index (χ1v) is 7.23. The zero-order valence-electron chi connectivity index (χ0n) is 10.3. The summed E-state index contributed by atoms with van der Waals surface area (Å²) in [5, 5.41) is 13.9. The average Bonchev–Trinajstić information content (AvgIpc) is 2.96. The number of rotatable bonds is 2. The van der Waals surface area contributed by atoms with Gasteiger partial charge >= 0.3 is 0 Å². The van der Waals surface area contributed by atoms with Crippen LogP contribution in [0.15, 0.2) is 41.9 Å². The van der Waals surface area contributed by atoms with Crippen LogP contribution in [0.3, 0.4) is 0 Å². The smallest absolute Gasteiger partial charge is 0.145 e. The van der Waals surface area contributed by atoms with Gasteiger partial charge in [0.2, 0.25) is 0 Å². The SMILES string of the molecule is CC(c1cccs1)c1cc(Cl)c2cccnc2c1O. The van der Waals surface area contributed by atoms with Crippen molar-refractivity contribution in [2.24, 2.45) is 0 Å². The van der Waals surface area contributed by atoms with Gasteiger partial charge < -0.3 is 5.11 Å². The molecule has 0 spiro atoms. The monoisotopic (exact) mass is 289 g/mol. The number of halogens is 1. The van der Waals surface area contributed by atoms with Gasteiger partial charge in [-0.3, -0.25) is 4.98 Å². The molecule has 0 amide bonds. The highest BCUT2D eigenvalue weighted by Gasteiger charge is 2.18. The minimum absolute atomic E-state index is 0.101. The second kappa shape index (κ2) is 4.83. The van der Waals surface area contributed by atoms with Gasteiger partial charge in [0.1, 0.15) is 11.3 Å². The molecule has 4 heteroatoms. The van der Waals surface area contributed by atoms with Crippen molar-refractivity contribution in [1.29, 1.82) is 0 Å². The molecule has 1 N–H and O–H groups in total. The van der Waals surface area contributed by atoms with Crippen molar-refractivity contribution >= 4 is 33.8 Å². The van der Waals surface area contributed by atoms with Crippen LogP contribution in [0.2, 0.25) is 5.02 Å². The number of aromatic hydroxyl groups is 1. The predicted octanol–water partition coefficient (Wildman–Crippen LogP) is 4.81. The van der Waals surface area contributed by atoms with Crippen molar-refractivity contribution < 1.29 is 5.11 Å². The third-order valence-electron chi connectivity index (χ3n) is 3.28. The van der Waals surface area contributed by atoms with Crippen LogP contribution in [-0.2, 0) is 0 Å². The third-order valence-corrected chi connectivity index (χ3v) is 4.65. The summed E-state index contributed by atoms with van der Waals surface area (Å²) >= 11 is 7.96. The number of benzene rings is 1. The van der Waals surface area contributed by atoms with Gasteiger partial charge in [0.25, 0.3) is 0 Å². The van der Waals surface area contributed by atoms with E-state index in [2.05, 4.69) is 18.0 Å². The van der Waals surface area contributed by atoms with Crippen LogP contribution in [0, 0.1) is 0 Å². The molecule has 0 aliphatic heterocycles. The highest BCUT2D eigenvalue weighted by Crippen LogP contribution is 2.39. The van der Waals surface area contributed by atoms with E-state index in [9.17, 15) is 5.11 Å². The second-order valence-electron chi connectivity index (χ2n) is 4.43. The lowest BCUT2D eigenvalue weighted by molar-refractivity contribution is 0.471. The highest BCUT2D eigenvalue weighted by atomic mass is 35.5. The van der Waals surface area contributed by atoms with E-state index in [-0.39, 0.29) is 11.7 Å². The summed E-state index contributed by atoms with van der Waals surface area (Å²) in [6.07, 6.45) is 1.66. The summed E-state index contributed by atoms with van der Waals surface area (Å²) < 4.78 is 0. The normalized spacial score (nSPS) is 12.7. The molecule has 0 saturated heterocycles. The summed E-state index contributed by atoms with van der Waals surface area (Å²) in [7, 11) is 0. The average molecular weight is 290 g/mol. The molecule has 19 heavy (non-hydrogen) atoms. The summed E-state index contributed by atoms with van der Waals surface area (Å²) in [6.45, 7) is 2.06. The first kappa shape index (κ1) is 12.5. The van der Waals surface area contributed by atoms with Gasteiger partial charge in [-0.15, -0.1) is 11.3 Å². The molecular weight excluding hydrogens is 278 g/mol. The molecule has 1 unspecified atom stereocenters. The molecule has 0 radical (unpaired) electrons. The van der Waals surface area contributed by atoms with Crippen LogP contribution >= 0.6 is 22.9 Å². The summed E-state index contributed by atoms with van der Waals surface area (Å²) in [5.74, 6) is 0.324. The van der Waals surface area contributed by atoms with Crippen molar-refractivity contribution in [2.75, 3.05) is 0 Å². The molecule has 1 atom stereocenters. The van der Waals surface area contributed by atoms with E-state index < -0.39 is 0 Å². The van der Waals surface area contributed by atoms with E-state index in [0.29, 0.717) is 10.5 Å². The Kier molecular flexibility index (Phi) is 3.17. The molecular formula is C15H12ClNOS. The van der Waals surface area contributed by atoms with E-state index in [1.807, 2.05) is 29.6 Å². The topological polar surface area (TPSA) is 33.1 Å². The van der Waals surface area contributed by atoms with Crippen molar-refractivity contribution in [3.05, 3.63) is 57.4 Å². The van der Waals surface area contributed by atoms with E-state index >= 15 is 0 Å². The number of thiophene rings is 1. The van der Waals surface area contributed by atoms with Gasteiger partial charge in [-0.2, -0.15) is 0 Å². The maximum atomic E-state index is 10.4. The lowest BCUT2D eigenvalue weighted by Crippen LogP contribution is -1.95. The summed E-state index contributed by atoms with van der Waals surface area (Å²) in [4.78, 5) is 5.43. The number of fused-ring (bicyclic) bond motifs is 1. The highest BCUT2D eigenvalue weighted by molar-refractivity contribution is 7.10. The quantitative estimate of drug-likeness (QED) is 0.734. The molecule has 3 rings (SSSR count). The molecule has 1 aromatic carbocycles. The van der Waals surface area contributed by atoms with Crippen LogP contribution in [-0.4, -0.2) is 10.1 Å². The van der Waals surface area contributed by atoms with Crippen LogP contribution in [0.5, 0.6) is 5.75 Å². The van der Waals surface area contributed by atoms with E-state index in [4.69, 9.17) is 11.6 Å². The van der Waals surface area contributed by atoms with Crippen molar-refractivity contribution in [1.82, 2.24) is 4.98 Å². The van der Waals surface area contributed by atoms with Crippen LogP contribution in [0.25, 0.3) is 10.9 Å². The van der Waals surface area contributed by atoms with Gasteiger partial charge in [0.05, 0.1) is 5.02 Å². The number of phenols is 1. The fourth-order valence-electron chi connectivity index (χ4n) is 2.23. The Labute approximate surface area is 120 Å². The minimum Gasteiger partial charge on any atom is -0.505 e. The minimum atomic E-state index is 0.101. The van der Waals surface area contributed by atoms with Crippen LogP contribution in [0.1, 0.15) is 23.3 Å². The maximum absolute atomic E-state index is 10.4. The molecule has 2 nitrogen and oxygen atoms in total. The standard InChI is InChI=1S/C15H12ClNOS/c1-9(13-5-3-7-19-13)11-8-12(16)10-4-2-6-17-14(10)15(11)18/h2-9,18H,1H3. The molecule has 0 saturated carbocycles. The van der Waals surface area contributed by atoms with Gasteiger partial charge in [-0.1, -0.05) is 24.6 Å². The molecule has 0 bridgehead atoms. The van der Waals surface area contributed by atoms with E-state index in [1.54, 1.807) is 17.5 Å². The molecule has 0 aliphatic carbocycles. The molecule has 2 heterocycles. The van der Waals surface area contributed by atoms with Crippen molar-refractivity contribution in [2.45, 2.75) is 12.8 Å². The van der Waals surface area contributed by atoms with Gasteiger partial charge in [-0.25, -0.2) is 0 Å². The van der Waals surface area contributed by atoms with Crippen molar-refractivity contribution in [3.63, 3.8) is 0 Å². The number of hydrogen-bond acceptors (Lipinski definition) is 3. The zero-order valence-corrected chi connectivity index (χ0v) is 11.9. The maximum Gasteiger partial charge on any atom is 0.145 e. The molecule has 0 fully saturated rings. The first-order chi connectivity index (χ1) is 9.18. The fraction of sp³-hybridized carbons (Fsp3) is 0.133. The summed E-state index contributed by atoms with van der Waals surface area (Å²) in [5.41, 5.74) is 1.38. The van der Waals surface area contributed by atoms with Crippen LogP contribution in [0.4, 0.5) is 0 Å². The van der Waals surface area contributed by atoms with Gasteiger partial charge in [0.15, 0.2) is 0 Å². The first-order valence-electron chi connectivity index (χ1n) is 5.98. The van der Waals surface area contributed by atoms with E-state index in [1.165, 1.54) is 4.88 Å². The van der Waals surface area contributed by atoms with Gasteiger partial charge in [-0.05, 0) is 29.6 Å². The van der Waals surface area contributed by atoms with Crippen LogP contribution < -0.4 is 0 Å². The molecule has 0 aliphatic rings. The Hall–Kier alpha value is -1.58. The van der Waals surface area contributed by atoms with Gasteiger partial charge in [0, 0.05) is 27.9 Å². The predicted molar refractivity (Wildman–Crippen MR) is 80.3 cm³/mol. The number of nitrogens with zero attached hydrogens (tertiary/aromatic N) is 1. The fourth-order valence-corrected chi connectivity index (χ4v) is 3.30. The lowest BCUT2D eigenvalue weighted by Gasteiger charge is -2.14. The Balaban J connectivity index is 2.22. The summed E-state index contributed by atoms with van der Waals surface area (Å²) in [6, 6.07) is 9.59. The third kappa shape index (κ3) is 2.09. The molecule has 96 valence electrons. The zero-order chi connectivity index (χ0) is 13.4. The number of aromatic nitrogens is 1. The Bertz CT molecular complexity index is 724. The number of hydrogen-bond donors (Lipinski definition) is 1. The Morgan fingerprint density at radius 2 is 2.16 bits per heavy atom. The largest absolute Gasteiger partial charge is 0.505 e. The van der Waals surface area contributed by atoms with Crippen molar-refractivity contribution in [3.8, 4) is 5.75 Å². The molecule has 2 aromatic heterocycles. The Morgan fingerprint density at radius 1 is 1.32 bits per heavy atom.